The van der Waals surface area contributed by atoms with Crippen LogP contribution in [0.25, 0.3) is 0 Å². The number of nitrogens with two attached hydrogens (primary N) is 2. The van der Waals surface area contributed by atoms with Gasteiger partial charge in [0.1, 0.15) is 5.78 Å². The summed E-state index contributed by atoms with van der Waals surface area (Å²) in [6.45, 7) is 4.76. The SMILES string of the molecule is CCCC=CC(=O)CCc1cc(OC2CCCC2)c(O)c(C(CCC(C)=O)C(CCCN=C(N)N)COC2CCCCC2)c1. The van der Waals surface area contributed by atoms with E-state index in [2.05, 4.69) is 11.9 Å². The largest absolute Gasteiger partial charge is 0.504 e. The Morgan fingerprint density at radius 3 is 2.41 bits per heavy atom. The van der Waals surface area contributed by atoms with Gasteiger partial charge in [-0.1, -0.05) is 44.7 Å². The van der Waals surface area contributed by atoms with Crippen molar-refractivity contribution in [3.05, 3.63) is 35.4 Å². The number of hydrogen-bond donors (Lipinski definition) is 3. The van der Waals surface area contributed by atoms with E-state index < -0.39 is 0 Å². The van der Waals surface area contributed by atoms with Crippen LogP contribution < -0.4 is 16.2 Å². The van der Waals surface area contributed by atoms with Gasteiger partial charge in [0.2, 0.25) is 0 Å². The fourth-order valence-electron chi connectivity index (χ4n) is 6.58. The zero-order valence-corrected chi connectivity index (χ0v) is 27.2. The molecule has 8 heteroatoms. The van der Waals surface area contributed by atoms with Crippen molar-refractivity contribution < 1.29 is 24.2 Å². The summed E-state index contributed by atoms with van der Waals surface area (Å²) >= 11 is 0. The molecule has 2 fully saturated rings. The minimum Gasteiger partial charge on any atom is -0.504 e. The Hall–Kier alpha value is -2.87. The molecule has 2 aliphatic rings. The van der Waals surface area contributed by atoms with E-state index in [1.807, 2.05) is 18.2 Å². The van der Waals surface area contributed by atoms with E-state index in [1.165, 1.54) is 19.3 Å². The average Bonchev–Trinajstić information content (AvgIpc) is 3.52. The molecule has 1 aromatic carbocycles. The van der Waals surface area contributed by atoms with Gasteiger partial charge in [0.05, 0.1) is 18.8 Å². The van der Waals surface area contributed by atoms with Crippen molar-refractivity contribution in [1.29, 1.82) is 0 Å². The summed E-state index contributed by atoms with van der Waals surface area (Å²) in [4.78, 5) is 29.1. The van der Waals surface area contributed by atoms with Crippen LogP contribution in [0.1, 0.15) is 134 Å². The van der Waals surface area contributed by atoms with Gasteiger partial charge in [0.15, 0.2) is 23.2 Å². The maximum Gasteiger partial charge on any atom is 0.185 e. The molecule has 2 unspecified atom stereocenters. The molecule has 8 nitrogen and oxygen atoms in total. The van der Waals surface area contributed by atoms with Gasteiger partial charge in [-0.25, -0.2) is 0 Å². The number of phenols is 1. The first-order valence-electron chi connectivity index (χ1n) is 17.1. The Labute approximate surface area is 265 Å². The first-order chi connectivity index (χ1) is 21.3. The highest BCUT2D eigenvalue weighted by Crippen LogP contribution is 2.44. The summed E-state index contributed by atoms with van der Waals surface area (Å²) in [5, 5.41) is 11.8. The predicted molar refractivity (Wildman–Crippen MR) is 177 cm³/mol. The van der Waals surface area contributed by atoms with E-state index in [0.29, 0.717) is 44.6 Å². The smallest absolute Gasteiger partial charge is 0.185 e. The number of ether oxygens (including phenoxy) is 2. The molecular formula is C36H57N3O5. The van der Waals surface area contributed by atoms with Crippen molar-refractivity contribution in [3.8, 4) is 11.5 Å². The number of nitrogens with zero attached hydrogens (tertiary/aromatic N) is 1. The van der Waals surface area contributed by atoms with Crippen LogP contribution in [0.15, 0.2) is 29.3 Å². The van der Waals surface area contributed by atoms with Crippen LogP contribution in [0.4, 0.5) is 0 Å². The van der Waals surface area contributed by atoms with Gasteiger partial charge in [0.25, 0.3) is 0 Å². The summed E-state index contributed by atoms with van der Waals surface area (Å²) < 4.78 is 12.9. The number of ketones is 2. The second-order valence-electron chi connectivity index (χ2n) is 12.9. The van der Waals surface area contributed by atoms with Crippen LogP contribution in [0.2, 0.25) is 0 Å². The van der Waals surface area contributed by atoms with Gasteiger partial charge in [-0.15, -0.1) is 0 Å². The number of guanidine groups is 1. The summed E-state index contributed by atoms with van der Waals surface area (Å²) in [5.41, 5.74) is 12.9. The van der Waals surface area contributed by atoms with E-state index in [-0.39, 0.29) is 47.3 Å². The number of hydrogen-bond acceptors (Lipinski definition) is 6. The molecule has 0 heterocycles. The Kier molecular flexibility index (Phi) is 15.8. The van der Waals surface area contributed by atoms with Crippen molar-refractivity contribution in [2.45, 2.75) is 141 Å². The van der Waals surface area contributed by atoms with Crippen LogP contribution in [-0.2, 0) is 20.7 Å². The second kappa shape index (κ2) is 19.5. The molecule has 3 rings (SSSR count). The molecule has 0 radical (unpaired) electrons. The van der Waals surface area contributed by atoms with Crippen LogP contribution in [0.3, 0.4) is 0 Å². The number of aliphatic imine (C=N–C) groups is 1. The van der Waals surface area contributed by atoms with Gasteiger partial charge < -0.3 is 30.8 Å². The Balaban J connectivity index is 1.95. The zero-order chi connectivity index (χ0) is 31.7. The number of unbranched alkanes of at least 4 members (excludes halogenated alkanes) is 1. The average molecular weight is 612 g/mol. The topological polar surface area (TPSA) is 137 Å². The number of carbonyl (C=O) groups is 2. The van der Waals surface area contributed by atoms with Gasteiger partial charge >= 0.3 is 0 Å². The van der Waals surface area contributed by atoms with E-state index in [4.69, 9.17) is 20.9 Å². The van der Waals surface area contributed by atoms with Gasteiger partial charge in [-0.2, -0.15) is 0 Å². The highest BCUT2D eigenvalue weighted by Gasteiger charge is 2.30. The van der Waals surface area contributed by atoms with Crippen molar-refractivity contribution in [2.75, 3.05) is 13.2 Å². The summed E-state index contributed by atoms with van der Waals surface area (Å²) in [5.74, 6) is 0.834. The van der Waals surface area contributed by atoms with Gasteiger partial charge in [-0.05, 0) is 107 Å². The lowest BCUT2D eigenvalue weighted by atomic mass is 9.79. The van der Waals surface area contributed by atoms with Crippen LogP contribution >= 0.6 is 0 Å². The Morgan fingerprint density at radius 1 is 1.02 bits per heavy atom. The third kappa shape index (κ3) is 12.6. The van der Waals surface area contributed by atoms with Crippen molar-refractivity contribution in [3.63, 3.8) is 0 Å². The van der Waals surface area contributed by atoms with E-state index >= 15 is 0 Å². The molecule has 0 aliphatic heterocycles. The fraction of sp³-hybridized carbons (Fsp3) is 0.694. The number of carbonyl (C=O) groups excluding carboxylic acids is 2. The van der Waals surface area contributed by atoms with Gasteiger partial charge in [0, 0.05) is 24.9 Å². The highest BCUT2D eigenvalue weighted by molar-refractivity contribution is 5.89. The number of aromatic hydroxyl groups is 1. The molecule has 0 saturated heterocycles. The van der Waals surface area contributed by atoms with Gasteiger partial charge in [-0.3, -0.25) is 9.79 Å². The first kappa shape index (κ1) is 35.6. The maximum atomic E-state index is 12.6. The molecule has 0 spiro atoms. The molecule has 5 N–H and O–H groups in total. The molecule has 0 aromatic heterocycles. The van der Waals surface area contributed by atoms with Crippen molar-refractivity contribution in [1.82, 2.24) is 0 Å². The van der Waals surface area contributed by atoms with Crippen LogP contribution in [0, 0.1) is 5.92 Å². The molecule has 2 atom stereocenters. The van der Waals surface area contributed by atoms with Crippen LogP contribution in [-0.4, -0.2) is 48.0 Å². The molecule has 246 valence electrons. The normalized spacial score (nSPS) is 17.5. The number of benzene rings is 1. The first-order valence-corrected chi connectivity index (χ1v) is 17.1. The summed E-state index contributed by atoms with van der Waals surface area (Å²) in [6, 6.07) is 3.95. The maximum absolute atomic E-state index is 12.6. The lowest BCUT2D eigenvalue weighted by Crippen LogP contribution is -2.26. The van der Waals surface area contributed by atoms with Crippen molar-refractivity contribution >= 4 is 17.5 Å². The number of phenolic OH excluding ortho intramolecular Hbond substituents is 1. The molecule has 44 heavy (non-hydrogen) atoms. The number of aryl methyl sites for hydroxylation is 1. The summed E-state index contributed by atoms with van der Waals surface area (Å²) in [6.07, 6.45) is 19.3. The number of Topliss-reactive ketones (excluding diaryl/α,β-unsaturated/α-hetero) is 1. The molecule has 2 saturated carbocycles. The summed E-state index contributed by atoms with van der Waals surface area (Å²) in [7, 11) is 0. The molecular weight excluding hydrogens is 554 g/mol. The predicted octanol–water partition coefficient (Wildman–Crippen LogP) is 7.04. The Bertz CT molecular complexity index is 1090. The molecule has 0 bridgehead atoms. The van der Waals surface area contributed by atoms with E-state index in [9.17, 15) is 14.7 Å². The second-order valence-corrected chi connectivity index (χ2v) is 12.9. The molecule has 2 aliphatic carbocycles. The lowest BCUT2D eigenvalue weighted by molar-refractivity contribution is -0.117. The minimum atomic E-state index is -0.132. The highest BCUT2D eigenvalue weighted by atomic mass is 16.5. The molecule has 0 amide bonds. The zero-order valence-electron chi connectivity index (χ0n) is 27.2. The van der Waals surface area contributed by atoms with E-state index in [0.717, 1.165) is 75.3 Å². The minimum absolute atomic E-state index is 0.0459. The Morgan fingerprint density at radius 2 is 1.73 bits per heavy atom. The van der Waals surface area contributed by atoms with Crippen LogP contribution in [0.5, 0.6) is 11.5 Å². The lowest BCUT2D eigenvalue weighted by Gasteiger charge is -2.31. The van der Waals surface area contributed by atoms with Crippen molar-refractivity contribution in [2.24, 2.45) is 22.4 Å². The third-order valence-corrected chi connectivity index (χ3v) is 9.08. The van der Waals surface area contributed by atoms with E-state index in [1.54, 1.807) is 13.0 Å². The third-order valence-electron chi connectivity index (χ3n) is 9.08. The quantitative estimate of drug-likeness (QED) is 0.0622. The fourth-order valence-corrected chi connectivity index (χ4v) is 6.58. The standard InChI is InChI=1S/C36H57N3O5/c1-3-4-6-13-29(41)20-19-27-23-33(35(42)34(24-27)44-31-16-9-10-17-31)32(21-18-26(2)40)28(12-11-22-39-36(37)38)25-43-30-14-7-5-8-15-30/h6,13,23-24,28,30-32,42H,3-5,7-12,14-22,25H2,1-2H3,(H4,37,38,39). The number of rotatable bonds is 20. The number of allylic oxidation sites excluding steroid dienone is 2. The molecule has 1 aromatic rings. The monoisotopic (exact) mass is 611 g/mol.